The van der Waals surface area contributed by atoms with Crippen molar-refractivity contribution in [3.8, 4) is 5.75 Å². The highest BCUT2D eigenvalue weighted by atomic mass is 35.5. The molecule has 0 saturated carbocycles. The number of ketones is 1. The lowest BCUT2D eigenvalue weighted by Gasteiger charge is -2.08. The molecule has 0 radical (unpaired) electrons. The van der Waals surface area contributed by atoms with Gasteiger partial charge in [-0.2, -0.15) is 0 Å². The van der Waals surface area contributed by atoms with Gasteiger partial charge in [0.2, 0.25) is 0 Å². The topological polar surface area (TPSA) is 86.5 Å². The Morgan fingerprint density at radius 3 is 2.55 bits per heavy atom. The van der Waals surface area contributed by atoms with Crippen LogP contribution in [0.1, 0.15) is 27.6 Å². The molecule has 2 aromatic carbocycles. The van der Waals surface area contributed by atoms with Crippen LogP contribution in [-0.2, 0) is 0 Å². The standard InChI is InChI=1S/C15H10ClNO5/c1-9(18)13-8-11(16)5-6-14(13)22-15(19)10-3-2-4-12(7-10)17(20)21/h2-8H,1H3. The van der Waals surface area contributed by atoms with E-state index in [2.05, 4.69) is 0 Å². The minimum Gasteiger partial charge on any atom is -0.422 e. The quantitative estimate of drug-likeness (QED) is 0.282. The van der Waals surface area contributed by atoms with Crippen molar-refractivity contribution in [3.63, 3.8) is 0 Å². The maximum atomic E-state index is 12.1. The summed E-state index contributed by atoms with van der Waals surface area (Å²) >= 11 is 5.80. The highest BCUT2D eigenvalue weighted by Gasteiger charge is 2.17. The highest BCUT2D eigenvalue weighted by Crippen LogP contribution is 2.25. The van der Waals surface area contributed by atoms with Gasteiger partial charge in [-0.15, -0.1) is 0 Å². The maximum Gasteiger partial charge on any atom is 0.343 e. The number of hydrogen-bond donors (Lipinski definition) is 0. The van der Waals surface area contributed by atoms with E-state index in [-0.39, 0.29) is 28.3 Å². The number of nitro benzene ring substituents is 1. The molecule has 2 aromatic rings. The number of benzene rings is 2. The molecule has 0 aliphatic carbocycles. The molecular weight excluding hydrogens is 310 g/mol. The predicted molar refractivity (Wildman–Crippen MR) is 79.5 cm³/mol. The Kier molecular flexibility index (Phi) is 4.53. The van der Waals surface area contributed by atoms with Gasteiger partial charge in [-0.05, 0) is 31.2 Å². The summed E-state index contributed by atoms with van der Waals surface area (Å²) in [7, 11) is 0. The van der Waals surface area contributed by atoms with E-state index in [9.17, 15) is 19.7 Å². The maximum absolute atomic E-state index is 12.1. The van der Waals surface area contributed by atoms with Crippen molar-refractivity contribution < 1.29 is 19.2 Å². The molecule has 0 atom stereocenters. The van der Waals surface area contributed by atoms with Crippen LogP contribution in [0.5, 0.6) is 5.75 Å². The van der Waals surface area contributed by atoms with Gasteiger partial charge in [0.05, 0.1) is 16.1 Å². The Balaban J connectivity index is 2.31. The third kappa shape index (κ3) is 3.48. The van der Waals surface area contributed by atoms with E-state index < -0.39 is 10.9 Å². The molecule has 0 aliphatic heterocycles. The largest absolute Gasteiger partial charge is 0.422 e. The fourth-order valence-corrected chi connectivity index (χ4v) is 1.94. The van der Waals surface area contributed by atoms with Crippen molar-refractivity contribution in [1.29, 1.82) is 0 Å². The van der Waals surface area contributed by atoms with E-state index in [0.29, 0.717) is 5.02 Å². The zero-order chi connectivity index (χ0) is 16.3. The lowest BCUT2D eigenvalue weighted by molar-refractivity contribution is -0.384. The Morgan fingerprint density at radius 2 is 1.91 bits per heavy atom. The molecule has 0 heterocycles. The van der Waals surface area contributed by atoms with E-state index in [4.69, 9.17) is 16.3 Å². The number of ether oxygens (including phenoxy) is 1. The lowest BCUT2D eigenvalue weighted by atomic mass is 10.1. The van der Waals surface area contributed by atoms with Crippen LogP contribution in [-0.4, -0.2) is 16.7 Å². The van der Waals surface area contributed by atoms with Crippen LogP contribution in [0.25, 0.3) is 0 Å². The second-order valence-electron chi connectivity index (χ2n) is 4.39. The number of carbonyl (C=O) groups is 2. The molecule has 0 aliphatic rings. The second kappa shape index (κ2) is 6.36. The van der Waals surface area contributed by atoms with Crippen LogP contribution >= 0.6 is 11.6 Å². The fraction of sp³-hybridized carbons (Fsp3) is 0.0667. The smallest absolute Gasteiger partial charge is 0.343 e. The van der Waals surface area contributed by atoms with Crippen molar-refractivity contribution in [2.45, 2.75) is 6.92 Å². The molecule has 6 nitrogen and oxygen atoms in total. The van der Waals surface area contributed by atoms with Crippen molar-refractivity contribution >= 4 is 29.0 Å². The molecule has 112 valence electrons. The third-order valence-corrected chi connectivity index (χ3v) is 3.05. The lowest BCUT2D eigenvalue weighted by Crippen LogP contribution is -2.11. The highest BCUT2D eigenvalue weighted by molar-refractivity contribution is 6.31. The number of rotatable bonds is 4. The average molecular weight is 320 g/mol. The molecule has 0 saturated heterocycles. The number of carbonyl (C=O) groups excluding carboxylic acids is 2. The zero-order valence-electron chi connectivity index (χ0n) is 11.4. The second-order valence-corrected chi connectivity index (χ2v) is 4.83. The van der Waals surface area contributed by atoms with Crippen LogP contribution in [0, 0.1) is 10.1 Å². The Morgan fingerprint density at radius 1 is 1.18 bits per heavy atom. The monoisotopic (exact) mass is 319 g/mol. The molecule has 22 heavy (non-hydrogen) atoms. The number of nitro groups is 1. The number of halogens is 1. The summed E-state index contributed by atoms with van der Waals surface area (Å²) in [5.74, 6) is -1.06. The van der Waals surface area contributed by atoms with E-state index >= 15 is 0 Å². The first kappa shape index (κ1) is 15.7. The summed E-state index contributed by atoms with van der Waals surface area (Å²) in [5.41, 5.74) is -0.0534. The molecule has 0 amide bonds. The first-order valence-electron chi connectivity index (χ1n) is 6.15. The number of nitrogens with zero attached hydrogens (tertiary/aromatic N) is 1. The fourth-order valence-electron chi connectivity index (χ4n) is 1.77. The van der Waals surface area contributed by atoms with Gasteiger partial charge in [-0.1, -0.05) is 17.7 Å². The van der Waals surface area contributed by atoms with E-state index in [0.717, 1.165) is 6.07 Å². The van der Waals surface area contributed by atoms with E-state index in [1.165, 1.54) is 43.3 Å². The van der Waals surface area contributed by atoms with Crippen LogP contribution in [0.4, 0.5) is 5.69 Å². The van der Waals surface area contributed by atoms with Crippen LogP contribution in [0.3, 0.4) is 0 Å². The first-order valence-corrected chi connectivity index (χ1v) is 6.53. The molecule has 0 spiro atoms. The number of hydrogen-bond acceptors (Lipinski definition) is 5. The van der Waals surface area contributed by atoms with Gasteiger partial charge < -0.3 is 4.74 Å². The average Bonchev–Trinajstić information content (AvgIpc) is 2.48. The molecule has 2 rings (SSSR count). The third-order valence-electron chi connectivity index (χ3n) is 2.82. The van der Waals surface area contributed by atoms with Gasteiger partial charge in [-0.3, -0.25) is 14.9 Å². The summed E-state index contributed by atoms with van der Waals surface area (Å²) < 4.78 is 5.14. The van der Waals surface area contributed by atoms with Gasteiger partial charge >= 0.3 is 5.97 Å². The van der Waals surface area contributed by atoms with Crippen LogP contribution in [0.15, 0.2) is 42.5 Å². The zero-order valence-corrected chi connectivity index (χ0v) is 12.2. The summed E-state index contributed by atoms with van der Waals surface area (Å²) in [4.78, 5) is 33.7. The van der Waals surface area contributed by atoms with Gasteiger partial charge in [0.15, 0.2) is 5.78 Å². The molecule has 0 unspecified atom stereocenters. The van der Waals surface area contributed by atoms with Gasteiger partial charge in [0, 0.05) is 17.2 Å². The Hall–Kier alpha value is -2.73. The van der Waals surface area contributed by atoms with Gasteiger partial charge in [0.25, 0.3) is 5.69 Å². The molecule has 0 aromatic heterocycles. The SMILES string of the molecule is CC(=O)c1cc(Cl)ccc1OC(=O)c1cccc([N+](=O)[O-])c1. The summed E-state index contributed by atoms with van der Waals surface area (Å²) in [5, 5.41) is 11.0. The van der Waals surface area contributed by atoms with Crippen molar-refractivity contribution in [2.24, 2.45) is 0 Å². The van der Waals surface area contributed by atoms with Gasteiger partial charge in [0.1, 0.15) is 5.75 Å². The van der Waals surface area contributed by atoms with Crippen LogP contribution < -0.4 is 4.74 Å². The summed E-state index contributed by atoms with van der Waals surface area (Å²) in [6, 6.07) is 9.39. The van der Waals surface area contributed by atoms with E-state index in [1.807, 2.05) is 0 Å². The van der Waals surface area contributed by atoms with Crippen molar-refractivity contribution in [2.75, 3.05) is 0 Å². The number of non-ortho nitro benzene ring substituents is 1. The predicted octanol–water partition coefficient (Wildman–Crippen LogP) is 3.67. The minimum absolute atomic E-state index is 0.0126. The van der Waals surface area contributed by atoms with Crippen molar-refractivity contribution in [1.82, 2.24) is 0 Å². The van der Waals surface area contributed by atoms with E-state index in [1.54, 1.807) is 0 Å². The van der Waals surface area contributed by atoms with Crippen LogP contribution in [0.2, 0.25) is 5.02 Å². The number of Topliss-reactive ketones (excluding diaryl/α,β-unsaturated/α-hetero) is 1. The first-order chi connectivity index (χ1) is 10.4. The number of esters is 1. The molecular formula is C15H10ClNO5. The Bertz CT molecular complexity index is 772. The molecule has 7 heteroatoms. The Labute approximate surface area is 130 Å². The molecule has 0 bridgehead atoms. The molecule has 0 fully saturated rings. The summed E-state index contributed by atoms with van der Waals surface area (Å²) in [6.07, 6.45) is 0. The summed E-state index contributed by atoms with van der Waals surface area (Å²) in [6.45, 7) is 1.32. The molecule has 0 N–H and O–H groups in total. The van der Waals surface area contributed by atoms with Gasteiger partial charge in [-0.25, -0.2) is 4.79 Å². The minimum atomic E-state index is -0.798. The van der Waals surface area contributed by atoms with Crippen molar-refractivity contribution in [3.05, 3.63) is 68.7 Å². The normalized spacial score (nSPS) is 10.1.